The van der Waals surface area contributed by atoms with E-state index in [1.54, 1.807) is 0 Å². The molecule has 2 rings (SSSR count). The molecule has 1 N–H and O–H groups in total. The number of hydrogen-bond acceptors (Lipinski definition) is 2. The molecule has 0 saturated heterocycles. The fourth-order valence-corrected chi connectivity index (χ4v) is 3.60. The standard InChI is InChI=1S/C19H27ClO2/c1-3-4-5-6-10-16-17(19(21)12-18(16)20)13-22-15-9-7-8-14(2)11-15/h5-9,11,16-19,21H,3-4,10,12-13H2,1-2H3/b6-5-/t16-,17-,18-,19-/m1/s1. The quantitative estimate of drug-likeness (QED) is 0.581. The number of rotatable bonds is 7. The van der Waals surface area contributed by atoms with Crippen LogP contribution in [0.2, 0.25) is 0 Å². The van der Waals surface area contributed by atoms with E-state index in [4.69, 9.17) is 16.3 Å². The van der Waals surface area contributed by atoms with Crippen LogP contribution in [0.15, 0.2) is 36.4 Å². The predicted molar refractivity (Wildman–Crippen MR) is 92.6 cm³/mol. The van der Waals surface area contributed by atoms with Crippen LogP contribution in [0.3, 0.4) is 0 Å². The first-order valence-electron chi connectivity index (χ1n) is 8.28. The van der Waals surface area contributed by atoms with Crippen molar-refractivity contribution >= 4 is 11.6 Å². The Hall–Kier alpha value is -0.990. The maximum atomic E-state index is 10.3. The summed E-state index contributed by atoms with van der Waals surface area (Å²) in [6, 6.07) is 8.02. The minimum Gasteiger partial charge on any atom is -0.493 e. The Labute approximate surface area is 139 Å². The van der Waals surface area contributed by atoms with Crippen molar-refractivity contribution in [2.24, 2.45) is 11.8 Å². The van der Waals surface area contributed by atoms with Gasteiger partial charge in [0.2, 0.25) is 0 Å². The predicted octanol–water partition coefficient (Wildman–Crippen LogP) is 4.72. The van der Waals surface area contributed by atoms with Crippen LogP contribution >= 0.6 is 11.6 Å². The molecule has 0 aliphatic heterocycles. The van der Waals surface area contributed by atoms with Gasteiger partial charge in [0.15, 0.2) is 0 Å². The molecule has 4 atom stereocenters. The first-order chi connectivity index (χ1) is 10.6. The van der Waals surface area contributed by atoms with Gasteiger partial charge in [0.05, 0.1) is 12.7 Å². The molecular formula is C19H27ClO2. The highest BCUT2D eigenvalue weighted by Crippen LogP contribution is 2.39. The van der Waals surface area contributed by atoms with Crippen molar-refractivity contribution in [1.82, 2.24) is 0 Å². The third-order valence-corrected chi connectivity index (χ3v) is 4.94. The lowest BCUT2D eigenvalue weighted by Gasteiger charge is -2.22. The summed E-state index contributed by atoms with van der Waals surface area (Å²) in [6.07, 6.45) is 7.91. The number of aryl methyl sites for hydroxylation is 1. The van der Waals surface area contributed by atoms with Crippen molar-refractivity contribution in [3.63, 3.8) is 0 Å². The van der Waals surface area contributed by atoms with E-state index in [-0.39, 0.29) is 23.3 Å². The van der Waals surface area contributed by atoms with Crippen LogP contribution in [-0.2, 0) is 0 Å². The van der Waals surface area contributed by atoms with Gasteiger partial charge in [0.25, 0.3) is 0 Å². The minimum absolute atomic E-state index is 0.0346. The molecule has 0 heterocycles. The Balaban J connectivity index is 1.93. The van der Waals surface area contributed by atoms with Gasteiger partial charge >= 0.3 is 0 Å². The minimum atomic E-state index is -0.364. The highest BCUT2D eigenvalue weighted by Gasteiger charge is 2.41. The van der Waals surface area contributed by atoms with Gasteiger partial charge in [-0.2, -0.15) is 0 Å². The van der Waals surface area contributed by atoms with E-state index in [9.17, 15) is 5.11 Å². The van der Waals surface area contributed by atoms with Crippen LogP contribution in [0.25, 0.3) is 0 Å². The van der Waals surface area contributed by atoms with Gasteiger partial charge < -0.3 is 9.84 Å². The van der Waals surface area contributed by atoms with Crippen LogP contribution in [0.1, 0.15) is 38.2 Å². The van der Waals surface area contributed by atoms with Gasteiger partial charge in [-0.25, -0.2) is 0 Å². The lowest BCUT2D eigenvalue weighted by atomic mass is 9.92. The Morgan fingerprint density at radius 3 is 2.86 bits per heavy atom. The SMILES string of the molecule is CCC/C=C\C[C@@H]1[C@@H](COc2cccc(C)c2)[C@H](O)C[C@H]1Cl. The van der Waals surface area contributed by atoms with Crippen LogP contribution in [0.4, 0.5) is 0 Å². The van der Waals surface area contributed by atoms with E-state index >= 15 is 0 Å². The van der Waals surface area contributed by atoms with E-state index in [1.165, 1.54) is 5.56 Å². The smallest absolute Gasteiger partial charge is 0.119 e. The Kier molecular flexibility index (Phi) is 6.78. The fraction of sp³-hybridized carbons (Fsp3) is 0.579. The number of unbranched alkanes of at least 4 members (excludes halogenated alkanes) is 1. The Bertz CT molecular complexity index is 486. The number of aliphatic hydroxyl groups excluding tert-OH is 1. The molecule has 2 nitrogen and oxygen atoms in total. The van der Waals surface area contributed by atoms with E-state index in [0.29, 0.717) is 13.0 Å². The van der Waals surface area contributed by atoms with E-state index < -0.39 is 0 Å². The second-order valence-corrected chi connectivity index (χ2v) is 6.83. The van der Waals surface area contributed by atoms with Crippen molar-refractivity contribution in [1.29, 1.82) is 0 Å². The molecule has 1 saturated carbocycles. The van der Waals surface area contributed by atoms with Crippen molar-refractivity contribution in [2.75, 3.05) is 6.61 Å². The first-order valence-corrected chi connectivity index (χ1v) is 8.72. The maximum Gasteiger partial charge on any atom is 0.119 e. The topological polar surface area (TPSA) is 29.5 Å². The Morgan fingerprint density at radius 2 is 2.14 bits per heavy atom. The number of allylic oxidation sites excluding steroid dienone is 2. The number of alkyl halides is 1. The fourth-order valence-electron chi connectivity index (χ4n) is 3.13. The molecule has 0 unspecified atom stereocenters. The third-order valence-electron chi connectivity index (χ3n) is 4.44. The summed E-state index contributed by atoms with van der Waals surface area (Å²) >= 11 is 6.44. The van der Waals surface area contributed by atoms with E-state index in [2.05, 4.69) is 19.1 Å². The van der Waals surface area contributed by atoms with Gasteiger partial charge in [-0.1, -0.05) is 37.6 Å². The van der Waals surface area contributed by atoms with Crippen molar-refractivity contribution < 1.29 is 9.84 Å². The first kappa shape index (κ1) is 17.4. The molecule has 1 aliphatic carbocycles. The molecule has 0 radical (unpaired) electrons. The second kappa shape index (κ2) is 8.59. The summed E-state index contributed by atoms with van der Waals surface area (Å²) in [6.45, 7) is 4.75. The lowest BCUT2D eigenvalue weighted by molar-refractivity contribution is 0.0807. The second-order valence-electron chi connectivity index (χ2n) is 6.27. The number of halogens is 1. The molecule has 22 heavy (non-hydrogen) atoms. The molecule has 122 valence electrons. The number of benzene rings is 1. The monoisotopic (exact) mass is 322 g/mol. The summed E-state index contributed by atoms with van der Waals surface area (Å²) in [7, 11) is 0. The molecule has 1 aromatic rings. The molecule has 3 heteroatoms. The zero-order valence-electron chi connectivity index (χ0n) is 13.5. The highest BCUT2D eigenvalue weighted by atomic mass is 35.5. The summed E-state index contributed by atoms with van der Waals surface area (Å²) in [5.41, 5.74) is 1.18. The van der Waals surface area contributed by atoms with Gasteiger partial charge in [0, 0.05) is 11.3 Å². The summed E-state index contributed by atoms with van der Waals surface area (Å²) < 4.78 is 5.90. The largest absolute Gasteiger partial charge is 0.493 e. The molecule has 1 aliphatic rings. The molecule has 1 aromatic carbocycles. The molecule has 1 fully saturated rings. The maximum absolute atomic E-state index is 10.3. The van der Waals surface area contributed by atoms with E-state index in [0.717, 1.165) is 25.0 Å². The average Bonchev–Trinajstić information content (AvgIpc) is 2.75. The zero-order valence-corrected chi connectivity index (χ0v) is 14.3. The van der Waals surface area contributed by atoms with Gasteiger partial charge in [-0.15, -0.1) is 11.6 Å². The number of hydrogen-bond donors (Lipinski definition) is 1. The lowest BCUT2D eigenvalue weighted by Crippen LogP contribution is -2.27. The van der Waals surface area contributed by atoms with Gasteiger partial charge in [-0.05, 0) is 49.8 Å². The summed E-state index contributed by atoms with van der Waals surface area (Å²) in [5, 5.41) is 10.3. The third kappa shape index (κ3) is 4.76. The van der Waals surface area contributed by atoms with Gasteiger partial charge in [-0.3, -0.25) is 0 Å². The zero-order chi connectivity index (χ0) is 15.9. The van der Waals surface area contributed by atoms with Crippen LogP contribution in [0, 0.1) is 18.8 Å². The van der Waals surface area contributed by atoms with Crippen molar-refractivity contribution in [3.05, 3.63) is 42.0 Å². The Morgan fingerprint density at radius 1 is 1.32 bits per heavy atom. The highest BCUT2D eigenvalue weighted by molar-refractivity contribution is 6.21. The van der Waals surface area contributed by atoms with Crippen molar-refractivity contribution in [2.45, 2.75) is 51.0 Å². The molecule has 0 aromatic heterocycles. The molecule has 0 spiro atoms. The molecular weight excluding hydrogens is 296 g/mol. The number of aliphatic hydroxyl groups is 1. The van der Waals surface area contributed by atoms with Crippen molar-refractivity contribution in [3.8, 4) is 5.75 Å². The summed E-state index contributed by atoms with van der Waals surface area (Å²) in [4.78, 5) is 0. The average molecular weight is 323 g/mol. The van der Waals surface area contributed by atoms with E-state index in [1.807, 2.05) is 31.2 Å². The molecule has 0 bridgehead atoms. The van der Waals surface area contributed by atoms with Gasteiger partial charge in [0.1, 0.15) is 5.75 Å². The van der Waals surface area contributed by atoms with Crippen LogP contribution in [0.5, 0.6) is 5.75 Å². The number of ether oxygens (including phenoxy) is 1. The summed E-state index contributed by atoms with van der Waals surface area (Å²) in [5.74, 6) is 1.26. The molecule has 0 amide bonds. The van der Waals surface area contributed by atoms with Crippen LogP contribution in [-0.4, -0.2) is 23.2 Å². The van der Waals surface area contributed by atoms with Crippen LogP contribution < -0.4 is 4.74 Å². The normalized spacial score (nSPS) is 28.4.